The highest BCUT2D eigenvalue weighted by Gasteiger charge is 2.48. The Morgan fingerprint density at radius 2 is 2.19 bits per heavy atom. The van der Waals surface area contributed by atoms with Gasteiger partial charge in [0.2, 0.25) is 0 Å². The number of carbonyl (C=O) groups is 2. The normalized spacial score (nSPS) is 21.3. The van der Waals surface area contributed by atoms with Gasteiger partial charge in [0.1, 0.15) is 11.3 Å². The van der Waals surface area contributed by atoms with Gasteiger partial charge in [-0.15, -0.1) is 0 Å². The van der Waals surface area contributed by atoms with Crippen molar-refractivity contribution in [1.82, 2.24) is 4.90 Å². The third-order valence-electron chi connectivity index (χ3n) is 4.21. The molecule has 0 aromatic heterocycles. The molecule has 21 heavy (non-hydrogen) atoms. The highest BCUT2D eigenvalue weighted by atomic mass is 16.5. The number of ether oxygens (including phenoxy) is 1. The molecule has 1 saturated heterocycles. The number of carboxylic acids is 1. The summed E-state index contributed by atoms with van der Waals surface area (Å²) in [6, 6.07) is 4.81. The van der Waals surface area contributed by atoms with Gasteiger partial charge < -0.3 is 20.5 Å². The van der Waals surface area contributed by atoms with Crippen LogP contribution in [0.25, 0.3) is 0 Å². The van der Waals surface area contributed by atoms with Crippen LogP contribution in [0.3, 0.4) is 0 Å². The number of aliphatic carboxylic acids is 1. The number of carbonyl (C=O) groups excluding carboxylic acids is 1. The minimum atomic E-state index is -1.13. The Morgan fingerprint density at radius 3 is 2.76 bits per heavy atom. The molecule has 0 bridgehead atoms. The van der Waals surface area contributed by atoms with Crippen LogP contribution in [0.15, 0.2) is 18.2 Å². The number of benzene rings is 1. The van der Waals surface area contributed by atoms with E-state index in [0.717, 1.165) is 0 Å². The van der Waals surface area contributed by atoms with Gasteiger partial charge in [-0.1, -0.05) is 6.92 Å². The number of hydrogen-bond acceptors (Lipinski definition) is 4. The molecule has 1 aliphatic rings. The second-order valence-electron chi connectivity index (χ2n) is 5.20. The molecule has 1 aliphatic heterocycles. The average molecular weight is 292 g/mol. The Balaban J connectivity index is 2.41. The van der Waals surface area contributed by atoms with Crippen molar-refractivity contribution >= 4 is 17.6 Å². The number of anilines is 1. The molecule has 1 aromatic rings. The monoisotopic (exact) mass is 292 g/mol. The summed E-state index contributed by atoms with van der Waals surface area (Å²) >= 11 is 0. The molecule has 6 heteroatoms. The Hall–Kier alpha value is -2.24. The third kappa shape index (κ3) is 2.41. The molecule has 0 aliphatic carbocycles. The molecule has 2 rings (SSSR count). The first-order valence-electron chi connectivity index (χ1n) is 6.95. The summed E-state index contributed by atoms with van der Waals surface area (Å²) in [6.45, 7) is 2.21. The molecule has 1 aromatic carbocycles. The molecule has 114 valence electrons. The number of nitrogens with zero attached hydrogens (tertiary/aromatic N) is 1. The second kappa shape index (κ2) is 5.63. The number of hydrogen-bond donors (Lipinski definition) is 2. The summed E-state index contributed by atoms with van der Waals surface area (Å²) in [5.74, 6) is -0.797. The molecule has 1 fully saturated rings. The summed E-state index contributed by atoms with van der Waals surface area (Å²) in [4.78, 5) is 25.8. The quantitative estimate of drug-likeness (QED) is 0.825. The predicted molar refractivity (Wildman–Crippen MR) is 78.3 cm³/mol. The van der Waals surface area contributed by atoms with Gasteiger partial charge in [-0.3, -0.25) is 4.79 Å². The Morgan fingerprint density at radius 1 is 1.48 bits per heavy atom. The Bertz CT molecular complexity index is 573. The van der Waals surface area contributed by atoms with Gasteiger partial charge in [0.05, 0.1) is 12.7 Å². The van der Waals surface area contributed by atoms with Crippen molar-refractivity contribution in [2.75, 3.05) is 19.4 Å². The zero-order chi connectivity index (χ0) is 15.6. The molecule has 6 nitrogen and oxygen atoms in total. The molecular weight excluding hydrogens is 272 g/mol. The lowest BCUT2D eigenvalue weighted by Gasteiger charge is -2.34. The van der Waals surface area contributed by atoms with Crippen LogP contribution in [0.4, 0.5) is 5.69 Å². The first-order valence-corrected chi connectivity index (χ1v) is 6.95. The van der Waals surface area contributed by atoms with Crippen LogP contribution in [-0.2, 0) is 4.79 Å². The number of amides is 1. The molecule has 1 atom stereocenters. The predicted octanol–water partition coefficient (Wildman–Crippen LogP) is 1.75. The number of nitrogen functional groups attached to an aromatic ring is 1. The summed E-state index contributed by atoms with van der Waals surface area (Å²) < 4.78 is 5.11. The van der Waals surface area contributed by atoms with E-state index in [9.17, 15) is 14.7 Å². The van der Waals surface area contributed by atoms with Crippen molar-refractivity contribution in [3.05, 3.63) is 23.8 Å². The molecule has 1 unspecified atom stereocenters. The lowest BCUT2D eigenvalue weighted by Crippen LogP contribution is -2.52. The fraction of sp³-hybridized carbons (Fsp3) is 0.467. The fourth-order valence-electron chi connectivity index (χ4n) is 2.91. The molecule has 1 amide bonds. The van der Waals surface area contributed by atoms with E-state index in [1.807, 2.05) is 0 Å². The number of rotatable bonds is 4. The van der Waals surface area contributed by atoms with E-state index in [-0.39, 0.29) is 11.5 Å². The zero-order valence-electron chi connectivity index (χ0n) is 12.3. The number of nitrogens with two attached hydrogens (primary N) is 1. The zero-order valence-corrected chi connectivity index (χ0v) is 12.3. The average Bonchev–Trinajstić information content (AvgIpc) is 2.92. The maximum atomic E-state index is 12.7. The standard InChI is InChI=1S/C15H20N2O4/c1-3-15(14(19)20)7-4-8-17(15)13(18)11-9-10(21-2)5-6-12(11)16/h5-6,9H,3-4,7-8,16H2,1-2H3,(H,19,20). The van der Waals surface area contributed by atoms with Crippen molar-refractivity contribution in [2.45, 2.75) is 31.7 Å². The van der Waals surface area contributed by atoms with Crippen LogP contribution in [0.5, 0.6) is 5.75 Å². The van der Waals surface area contributed by atoms with Gasteiger partial charge in [-0.05, 0) is 37.5 Å². The van der Waals surface area contributed by atoms with Crippen molar-refractivity contribution in [2.24, 2.45) is 0 Å². The number of methoxy groups -OCH3 is 1. The van der Waals surface area contributed by atoms with E-state index >= 15 is 0 Å². The largest absolute Gasteiger partial charge is 0.497 e. The van der Waals surface area contributed by atoms with Crippen LogP contribution in [0.2, 0.25) is 0 Å². The van der Waals surface area contributed by atoms with Gasteiger partial charge in [0, 0.05) is 12.2 Å². The Labute approximate surface area is 123 Å². The lowest BCUT2D eigenvalue weighted by atomic mass is 9.92. The van der Waals surface area contributed by atoms with Gasteiger partial charge in [-0.2, -0.15) is 0 Å². The van der Waals surface area contributed by atoms with Gasteiger partial charge in [0.25, 0.3) is 5.91 Å². The van der Waals surface area contributed by atoms with E-state index in [0.29, 0.717) is 37.2 Å². The minimum Gasteiger partial charge on any atom is -0.497 e. The first kappa shape index (κ1) is 15.2. The molecular formula is C15H20N2O4. The smallest absolute Gasteiger partial charge is 0.329 e. The van der Waals surface area contributed by atoms with Crippen molar-refractivity contribution < 1.29 is 19.4 Å². The van der Waals surface area contributed by atoms with Crippen molar-refractivity contribution in [3.63, 3.8) is 0 Å². The highest BCUT2D eigenvalue weighted by molar-refractivity contribution is 6.02. The topological polar surface area (TPSA) is 92.9 Å². The van der Waals surface area contributed by atoms with Crippen molar-refractivity contribution in [3.8, 4) is 5.75 Å². The van der Waals surface area contributed by atoms with E-state index in [1.54, 1.807) is 25.1 Å². The van der Waals surface area contributed by atoms with Crippen LogP contribution in [-0.4, -0.2) is 41.1 Å². The second-order valence-corrected chi connectivity index (χ2v) is 5.20. The summed E-state index contributed by atoms with van der Waals surface area (Å²) in [5.41, 5.74) is 5.35. The van der Waals surface area contributed by atoms with E-state index < -0.39 is 11.5 Å². The minimum absolute atomic E-state index is 0.287. The SMILES string of the molecule is CCC1(C(=O)O)CCCN1C(=O)c1cc(OC)ccc1N. The molecule has 0 radical (unpaired) electrons. The summed E-state index contributed by atoms with van der Waals surface area (Å²) in [6.07, 6.45) is 1.52. The molecule has 1 heterocycles. The van der Waals surface area contributed by atoms with E-state index in [4.69, 9.17) is 10.5 Å². The molecule has 0 saturated carbocycles. The van der Waals surface area contributed by atoms with Crippen LogP contribution in [0.1, 0.15) is 36.5 Å². The van der Waals surface area contributed by atoms with Gasteiger partial charge in [0.15, 0.2) is 0 Å². The van der Waals surface area contributed by atoms with E-state index in [2.05, 4.69) is 0 Å². The number of likely N-dealkylation sites (tertiary alicyclic amines) is 1. The maximum absolute atomic E-state index is 12.7. The van der Waals surface area contributed by atoms with Gasteiger partial charge >= 0.3 is 5.97 Å². The van der Waals surface area contributed by atoms with Crippen molar-refractivity contribution in [1.29, 1.82) is 0 Å². The maximum Gasteiger partial charge on any atom is 0.329 e. The van der Waals surface area contributed by atoms with Crippen LogP contribution in [0, 0.1) is 0 Å². The number of carboxylic acid groups (broad SMARTS) is 1. The lowest BCUT2D eigenvalue weighted by molar-refractivity contribution is -0.148. The van der Waals surface area contributed by atoms with Gasteiger partial charge in [-0.25, -0.2) is 4.79 Å². The Kier molecular flexibility index (Phi) is 4.06. The molecule has 0 spiro atoms. The third-order valence-corrected chi connectivity index (χ3v) is 4.21. The highest BCUT2D eigenvalue weighted by Crippen LogP contribution is 2.35. The summed E-state index contributed by atoms with van der Waals surface area (Å²) in [7, 11) is 1.50. The molecule has 3 N–H and O–H groups in total. The van der Waals surface area contributed by atoms with E-state index in [1.165, 1.54) is 12.0 Å². The van der Waals surface area contributed by atoms with Crippen LogP contribution < -0.4 is 10.5 Å². The fourth-order valence-corrected chi connectivity index (χ4v) is 2.91. The summed E-state index contributed by atoms with van der Waals surface area (Å²) in [5, 5.41) is 9.55. The van der Waals surface area contributed by atoms with Crippen LogP contribution >= 0.6 is 0 Å². The first-order chi connectivity index (χ1) is 9.96.